The summed E-state index contributed by atoms with van der Waals surface area (Å²) in [6.07, 6.45) is 0. The quantitative estimate of drug-likeness (QED) is 0.850. The zero-order valence-corrected chi connectivity index (χ0v) is 14.0. The first-order valence-corrected chi connectivity index (χ1v) is 9.23. The number of rotatable bonds is 6. The van der Waals surface area contributed by atoms with E-state index in [2.05, 4.69) is 10.0 Å². The number of thiophene rings is 1. The molecule has 1 aromatic carbocycles. The SMILES string of the molecule is CC(C)C(=O)Nc1ccc(S(=O)(=O)NCc2ccsc2)cc1. The van der Waals surface area contributed by atoms with Gasteiger partial charge < -0.3 is 5.32 Å². The highest BCUT2D eigenvalue weighted by molar-refractivity contribution is 7.89. The molecule has 2 aromatic rings. The number of carbonyl (C=O) groups is 1. The van der Waals surface area contributed by atoms with Crippen LogP contribution in [0, 0.1) is 5.92 Å². The van der Waals surface area contributed by atoms with Crippen molar-refractivity contribution in [3.63, 3.8) is 0 Å². The molecule has 1 heterocycles. The monoisotopic (exact) mass is 338 g/mol. The van der Waals surface area contributed by atoms with Crippen LogP contribution in [0.25, 0.3) is 0 Å². The van der Waals surface area contributed by atoms with Gasteiger partial charge in [-0.3, -0.25) is 4.79 Å². The van der Waals surface area contributed by atoms with Crippen LogP contribution in [0.3, 0.4) is 0 Å². The van der Waals surface area contributed by atoms with Crippen molar-refractivity contribution in [2.45, 2.75) is 25.3 Å². The number of benzene rings is 1. The summed E-state index contributed by atoms with van der Waals surface area (Å²) < 4.78 is 26.9. The van der Waals surface area contributed by atoms with Crippen LogP contribution in [-0.2, 0) is 21.4 Å². The van der Waals surface area contributed by atoms with Gasteiger partial charge in [0, 0.05) is 18.2 Å². The number of sulfonamides is 1. The third-order valence-electron chi connectivity index (χ3n) is 3.00. The highest BCUT2D eigenvalue weighted by atomic mass is 32.2. The highest BCUT2D eigenvalue weighted by Crippen LogP contribution is 2.15. The number of amides is 1. The molecule has 1 amide bonds. The van der Waals surface area contributed by atoms with Crippen molar-refractivity contribution in [3.8, 4) is 0 Å². The second-order valence-corrected chi connectivity index (χ2v) is 7.67. The molecular weight excluding hydrogens is 320 g/mol. The normalized spacial score (nSPS) is 11.6. The summed E-state index contributed by atoms with van der Waals surface area (Å²) in [4.78, 5) is 11.8. The largest absolute Gasteiger partial charge is 0.326 e. The van der Waals surface area contributed by atoms with Crippen LogP contribution >= 0.6 is 11.3 Å². The van der Waals surface area contributed by atoms with E-state index in [1.54, 1.807) is 26.0 Å². The Balaban J connectivity index is 2.03. The summed E-state index contributed by atoms with van der Waals surface area (Å²) in [7, 11) is -3.56. The van der Waals surface area contributed by atoms with Gasteiger partial charge in [0.15, 0.2) is 0 Å². The van der Waals surface area contributed by atoms with Crippen LogP contribution < -0.4 is 10.0 Å². The van der Waals surface area contributed by atoms with Gasteiger partial charge in [-0.1, -0.05) is 13.8 Å². The minimum Gasteiger partial charge on any atom is -0.326 e. The highest BCUT2D eigenvalue weighted by Gasteiger charge is 2.14. The second kappa shape index (κ2) is 7.04. The summed E-state index contributed by atoms with van der Waals surface area (Å²) in [6.45, 7) is 3.85. The van der Waals surface area contributed by atoms with E-state index >= 15 is 0 Å². The number of nitrogens with one attached hydrogen (secondary N) is 2. The Bertz CT molecular complexity index is 721. The predicted octanol–water partition coefficient (Wildman–Crippen LogP) is 2.82. The molecule has 2 rings (SSSR count). The minimum atomic E-state index is -3.56. The summed E-state index contributed by atoms with van der Waals surface area (Å²) in [6, 6.07) is 7.99. The molecule has 1 aromatic heterocycles. The van der Waals surface area contributed by atoms with E-state index in [4.69, 9.17) is 0 Å². The third kappa shape index (κ3) is 4.40. The maximum Gasteiger partial charge on any atom is 0.240 e. The number of carbonyl (C=O) groups excluding carboxylic acids is 1. The van der Waals surface area contributed by atoms with Crippen LogP contribution in [0.2, 0.25) is 0 Å². The van der Waals surface area contributed by atoms with Gasteiger partial charge >= 0.3 is 0 Å². The van der Waals surface area contributed by atoms with Crippen molar-refractivity contribution in [3.05, 3.63) is 46.7 Å². The van der Waals surface area contributed by atoms with Crippen LogP contribution in [0.5, 0.6) is 0 Å². The minimum absolute atomic E-state index is 0.105. The summed E-state index contributed by atoms with van der Waals surface area (Å²) in [5, 5.41) is 6.52. The van der Waals surface area contributed by atoms with E-state index in [9.17, 15) is 13.2 Å². The molecule has 0 aliphatic rings. The standard InChI is InChI=1S/C15H18N2O3S2/c1-11(2)15(18)17-13-3-5-14(6-4-13)22(19,20)16-9-12-7-8-21-10-12/h3-8,10-11,16H,9H2,1-2H3,(H,17,18). The Hall–Kier alpha value is -1.70. The number of hydrogen-bond acceptors (Lipinski definition) is 4. The topological polar surface area (TPSA) is 75.3 Å². The van der Waals surface area contributed by atoms with Crippen molar-refractivity contribution < 1.29 is 13.2 Å². The molecule has 0 atom stereocenters. The lowest BCUT2D eigenvalue weighted by Gasteiger charge is -2.09. The first kappa shape index (κ1) is 16.7. The van der Waals surface area contributed by atoms with Gasteiger partial charge in [-0.25, -0.2) is 13.1 Å². The fourth-order valence-corrected chi connectivity index (χ4v) is 3.35. The van der Waals surface area contributed by atoms with Crippen LogP contribution in [-0.4, -0.2) is 14.3 Å². The Kier molecular flexibility index (Phi) is 5.33. The smallest absolute Gasteiger partial charge is 0.240 e. The van der Waals surface area contributed by atoms with Gasteiger partial charge in [-0.2, -0.15) is 11.3 Å². The van der Waals surface area contributed by atoms with Gasteiger partial charge in [0.2, 0.25) is 15.9 Å². The Morgan fingerprint density at radius 2 is 1.86 bits per heavy atom. The lowest BCUT2D eigenvalue weighted by molar-refractivity contribution is -0.118. The van der Waals surface area contributed by atoms with E-state index in [1.807, 2.05) is 16.8 Å². The third-order valence-corrected chi connectivity index (χ3v) is 5.15. The Morgan fingerprint density at radius 3 is 2.41 bits per heavy atom. The van der Waals surface area contributed by atoms with E-state index < -0.39 is 10.0 Å². The maximum absolute atomic E-state index is 12.2. The lowest BCUT2D eigenvalue weighted by atomic mass is 10.2. The molecule has 22 heavy (non-hydrogen) atoms. The van der Waals surface area contributed by atoms with E-state index in [0.29, 0.717) is 5.69 Å². The van der Waals surface area contributed by atoms with Crippen LogP contribution in [0.1, 0.15) is 19.4 Å². The van der Waals surface area contributed by atoms with Gasteiger partial charge in [0.1, 0.15) is 0 Å². The Labute approximate surface area is 134 Å². The number of hydrogen-bond donors (Lipinski definition) is 2. The second-order valence-electron chi connectivity index (χ2n) is 5.12. The number of anilines is 1. The van der Waals surface area contributed by atoms with Crippen molar-refractivity contribution in [2.75, 3.05) is 5.32 Å². The van der Waals surface area contributed by atoms with Gasteiger partial charge in [0.05, 0.1) is 4.90 Å². The van der Waals surface area contributed by atoms with Crippen LogP contribution in [0.15, 0.2) is 46.0 Å². The van der Waals surface area contributed by atoms with E-state index in [-0.39, 0.29) is 23.3 Å². The predicted molar refractivity (Wildman–Crippen MR) is 88.3 cm³/mol. The molecule has 0 aliphatic heterocycles. The molecule has 2 N–H and O–H groups in total. The zero-order chi connectivity index (χ0) is 16.2. The average molecular weight is 338 g/mol. The van der Waals surface area contributed by atoms with Gasteiger partial charge in [-0.15, -0.1) is 0 Å². The van der Waals surface area contributed by atoms with Gasteiger partial charge in [-0.05, 0) is 46.7 Å². The molecule has 5 nitrogen and oxygen atoms in total. The summed E-state index contributed by atoms with van der Waals surface area (Å²) >= 11 is 1.52. The first-order chi connectivity index (χ1) is 10.4. The average Bonchev–Trinajstić information content (AvgIpc) is 2.99. The lowest BCUT2D eigenvalue weighted by Crippen LogP contribution is -2.23. The maximum atomic E-state index is 12.2. The molecule has 7 heteroatoms. The molecule has 0 aliphatic carbocycles. The van der Waals surface area contributed by atoms with E-state index in [1.165, 1.54) is 23.5 Å². The summed E-state index contributed by atoms with van der Waals surface area (Å²) in [5.41, 5.74) is 1.50. The fourth-order valence-electron chi connectivity index (χ4n) is 1.66. The zero-order valence-electron chi connectivity index (χ0n) is 12.4. The fraction of sp³-hybridized carbons (Fsp3) is 0.267. The molecular formula is C15H18N2O3S2. The molecule has 0 radical (unpaired) electrons. The molecule has 0 bridgehead atoms. The van der Waals surface area contributed by atoms with Crippen molar-refractivity contribution in [2.24, 2.45) is 5.92 Å². The molecule has 0 saturated carbocycles. The molecule has 0 fully saturated rings. The molecule has 0 spiro atoms. The Morgan fingerprint density at radius 1 is 1.18 bits per heavy atom. The summed E-state index contributed by atoms with van der Waals surface area (Å²) in [5.74, 6) is -0.234. The van der Waals surface area contributed by atoms with Gasteiger partial charge in [0.25, 0.3) is 0 Å². The molecule has 0 saturated heterocycles. The van der Waals surface area contributed by atoms with Crippen molar-refractivity contribution in [1.29, 1.82) is 0 Å². The van der Waals surface area contributed by atoms with Crippen molar-refractivity contribution in [1.82, 2.24) is 4.72 Å². The van der Waals surface area contributed by atoms with Crippen molar-refractivity contribution >= 4 is 33.0 Å². The van der Waals surface area contributed by atoms with Crippen LogP contribution in [0.4, 0.5) is 5.69 Å². The molecule has 118 valence electrons. The first-order valence-electron chi connectivity index (χ1n) is 6.80. The molecule has 0 unspecified atom stereocenters. The van der Waals surface area contributed by atoms with E-state index in [0.717, 1.165) is 5.56 Å².